The van der Waals surface area contributed by atoms with Gasteiger partial charge in [0, 0.05) is 36.6 Å². The van der Waals surface area contributed by atoms with Gasteiger partial charge in [-0.1, -0.05) is 0 Å². The molecular formula is C19H21F2N5O. The Labute approximate surface area is 155 Å². The first-order chi connectivity index (χ1) is 13.0. The van der Waals surface area contributed by atoms with Gasteiger partial charge in [0.1, 0.15) is 12.2 Å². The first kappa shape index (κ1) is 17.6. The van der Waals surface area contributed by atoms with Gasteiger partial charge in [-0.3, -0.25) is 14.5 Å². The Morgan fingerprint density at radius 1 is 1.33 bits per heavy atom. The average molecular weight is 373 g/mol. The van der Waals surface area contributed by atoms with Crippen LogP contribution in [0.1, 0.15) is 42.3 Å². The maximum Gasteiger partial charge on any atom is 0.282 e. The Bertz CT molecular complexity index is 923. The van der Waals surface area contributed by atoms with Gasteiger partial charge in [-0.2, -0.15) is 5.10 Å². The predicted octanol–water partition coefficient (Wildman–Crippen LogP) is 3.41. The van der Waals surface area contributed by atoms with Crippen molar-refractivity contribution in [2.24, 2.45) is 0 Å². The Kier molecular flexibility index (Phi) is 4.63. The Morgan fingerprint density at radius 2 is 2.11 bits per heavy atom. The number of nitrogens with one attached hydrogen (secondary N) is 1. The molecule has 0 aromatic carbocycles. The third kappa shape index (κ3) is 3.56. The molecule has 8 heteroatoms. The van der Waals surface area contributed by atoms with Crippen molar-refractivity contribution in [3.05, 3.63) is 47.5 Å². The van der Waals surface area contributed by atoms with E-state index in [1.54, 1.807) is 18.0 Å². The lowest BCUT2D eigenvalue weighted by Crippen LogP contribution is -2.40. The molecule has 4 heterocycles. The predicted molar refractivity (Wildman–Crippen MR) is 96.6 cm³/mol. The SMILES string of the molecule is Cc1cc(C(F)F)nn1CC(=O)N1CCC(c2cc3ncccc3[nH]2)CC1. The zero-order chi connectivity index (χ0) is 19.0. The highest BCUT2D eigenvalue weighted by atomic mass is 19.3. The van der Waals surface area contributed by atoms with Crippen LogP contribution in [0.15, 0.2) is 30.5 Å². The van der Waals surface area contributed by atoms with Gasteiger partial charge in [-0.25, -0.2) is 8.78 Å². The highest BCUT2D eigenvalue weighted by Crippen LogP contribution is 2.29. The Morgan fingerprint density at radius 3 is 2.78 bits per heavy atom. The maximum atomic E-state index is 12.8. The fourth-order valence-corrected chi connectivity index (χ4v) is 3.67. The van der Waals surface area contributed by atoms with E-state index in [1.165, 1.54) is 10.7 Å². The minimum absolute atomic E-state index is 0.000469. The molecule has 1 N–H and O–H groups in total. The number of nitrogens with zero attached hydrogens (tertiary/aromatic N) is 4. The van der Waals surface area contributed by atoms with Crippen molar-refractivity contribution in [3.8, 4) is 0 Å². The molecule has 1 amide bonds. The molecule has 3 aromatic heterocycles. The molecule has 3 aromatic rings. The fraction of sp³-hybridized carbons (Fsp3) is 0.421. The number of aryl methyl sites for hydroxylation is 1. The summed E-state index contributed by atoms with van der Waals surface area (Å²) in [6, 6.07) is 7.32. The molecule has 0 spiro atoms. The second-order valence-corrected chi connectivity index (χ2v) is 6.98. The topological polar surface area (TPSA) is 66.8 Å². The molecule has 0 unspecified atom stereocenters. The van der Waals surface area contributed by atoms with Crippen LogP contribution in [0.5, 0.6) is 0 Å². The van der Waals surface area contributed by atoms with Crippen LogP contribution in [0.25, 0.3) is 11.0 Å². The van der Waals surface area contributed by atoms with E-state index in [2.05, 4.69) is 21.1 Å². The number of piperidine rings is 1. The van der Waals surface area contributed by atoms with E-state index < -0.39 is 6.43 Å². The molecule has 6 nitrogen and oxygen atoms in total. The molecule has 0 saturated carbocycles. The van der Waals surface area contributed by atoms with Crippen LogP contribution in [0.3, 0.4) is 0 Å². The molecule has 27 heavy (non-hydrogen) atoms. The number of alkyl halides is 2. The molecule has 4 rings (SSSR count). The van der Waals surface area contributed by atoms with E-state index in [-0.39, 0.29) is 18.1 Å². The van der Waals surface area contributed by atoms with E-state index >= 15 is 0 Å². The first-order valence-corrected chi connectivity index (χ1v) is 9.05. The van der Waals surface area contributed by atoms with E-state index in [1.807, 2.05) is 12.1 Å². The number of pyridine rings is 1. The van der Waals surface area contributed by atoms with E-state index in [0.29, 0.717) is 24.7 Å². The summed E-state index contributed by atoms with van der Waals surface area (Å²) in [5.41, 5.74) is 3.41. The summed E-state index contributed by atoms with van der Waals surface area (Å²) in [5, 5.41) is 3.84. The summed E-state index contributed by atoms with van der Waals surface area (Å²) >= 11 is 0. The van der Waals surface area contributed by atoms with Crippen LogP contribution in [0, 0.1) is 6.92 Å². The van der Waals surface area contributed by atoms with Crippen molar-refractivity contribution in [2.75, 3.05) is 13.1 Å². The van der Waals surface area contributed by atoms with Gasteiger partial charge in [-0.15, -0.1) is 0 Å². The lowest BCUT2D eigenvalue weighted by atomic mass is 9.93. The van der Waals surface area contributed by atoms with Crippen molar-refractivity contribution in [1.29, 1.82) is 0 Å². The minimum atomic E-state index is -2.62. The van der Waals surface area contributed by atoms with Gasteiger partial charge in [0.15, 0.2) is 0 Å². The quantitative estimate of drug-likeness (QED) is 0.762. The number of hydrogen-bond donors (Lipinski definition) is 1. The maximum absolute atomic E-state index is 12.8. The number of carbonyl (C=O) groups is 1. The van der Waals surface area contributed by atoms with Gasteiger partial charge >= 0.3 is 0 Å². The molecule has 1 saturated heterocycles. The number of rotatable bonds is 4. The van der Waals surface area contributed by atoms with Gasteiger partial charge < -0.3 is 9.88 Å². The van der Waals surface area contributed by atoms with E-state index in [4.69, 9.17) is 0 Å². The third-order valence-electron chi connectivity index (χ3n) is 5.21. The molecule has 1 aliphatic heterocycles. The number of aromatic amines is 1. The zero-order valence-corrected chi connectivity index (χ0v) is 15.0. The van der Waals surface area contributed by atoms with E-state index in [0.717, 1.165) is 29.6 Å². The smallest absolute Gasteiger partial charge is 0.282 e. The molecule has 0 atom stereocenters. The highest BCUT2D eigenvalue weighted by Gasteiger charge is 2.26. The summed E-state index contributed by atoms with van der Waals surface area (Å²) in [5.74, 6) is 0.277. The van der Waals surface area contributed by atoms with Gasteiger partial charge in [-0.05, 0) is 44.0 Å². The molecule has 0 radical (unpaired) electrons. The largest absolute Gasteiger partial charge is 0.357 e. The Hall–Kier alpha value is -2.77. The minimum Gasteiger partial charge on any atom is -0.357 e. The zero-order valence-electron chi connectivity index (χ0n) is 15.0. The number of H-pyrrole nitrogens is 1. The van der Waals surface area contributed by atoms with Crippen LogP contribution in [0.2, 0.25) is 0 Å². The molecule has 142 valence electrons. The molecule has 1 fully saturated rings. The second-order valence-electron chi connectivity index (χ2n) is 6.98. The summed E-state index contributed by atoms with van der Waals surface area (Å²) in [6.45, 7) is 2.98. The van der Waals surface area contributed by atoms with Gasteiger partial charge in [0.05, 0.1) is 11.0 Å². The average Bonchev–Trinajstić information content (AvgIpc) is 3.26. The number of fused-ring (bicyclic) bond motifs is 1. The number of hydrogen-bond acceptors (Lipinski definition) is 3. The van der Waals surface area contributed by atoms with Crippen molar-refractivity contribution < 1.29 is 13.6 Å². The first-order valence-electron chi connectivity index (χ1n) is 9.05. The van der Waals surface area contributed by atoms with Crippen LogP contribution in [-0.4, -0.2) is 43.6 Å². The lowest BCUT2D eigenvalue weighted by Gasteiger charge is -2.31. The molecule has 0 bridgehead atoms. The fourth-order valence-electron chi connectivity index (χ4n) is 3.67. The van der Waals surface area contributed by atoms with E-state index in [9.17, 15) is 13.6 Å². The molecular weight excluding hydrogens is 352 g/mol. The standard InChI is InChI=1S/C19H21F2N5O/c1-12-9-17(19(20)21)24-26(12)11-18(27)25-7-4-13(5-8-25)15-10-16-14(23-15)3-2-6-22-16/h2-3,6,9-10,13,19,23H,4-5,7-8,11H2,1H3. The molecule has 1 aliphatic rings. The van der Waals surface area contributed by atoms with Crippen molar-refractivity contribution >= 4 is 16.9 Å². The number of carbonyl (C=O) groups excluding carboxylic acids is 1. The monoisotopic (exact) mass is 373 g/mol. The summed E-state index contributed by atoms with van der Waals surface area (Å²) in [4.78, 5) is 22.1. The van der Waals surface area contributed by atoms with Gasteiger partial charge in [0.2, 0.25) is 5.91 Å². The Balaban J connectivity index is 1.38. The summed E-state index contributed by atoms with van der Waals surface area (Å²) in [7, 11) is 0. The summed E-state index contributed by atoms with van der Waals surface area (Å²) < 4.78 is 26.9. The lowest BCUT2D eigenvalue weighted by molar-refractivity contribution is -0.133. The van der Waals surface area contributed by atoms with Gasteiger partial charge in [0.25, 0.3) is 6.43 Å². The van der Waals surface area contributed by atoms with Crippen LogP contribution >= 0.6 is 0 Å². The molecule has 0 aliphatic carbocycles. The van der Waals surface area contributed by atoms with Crippen LogP contribution in [0.4, 0.5) is 8.78 Å². The number of amides is 1. The van der Waals surface area contributed by atoms with Crippen LogP contribution < -0.4 is 0 Å². The highest BCUT2D eigenvalue weighted by molar-refractivity contribution is 5.77. The second kappa shape index (κ2) is 7.09. The van der Waals surface area contributed by atoms with Crippen molar-refractivity contribution in [2.45, 2.75) is 38.7 Å². The van der Waals surface area contributed by atoms with Crippen LogP contribution in [-0.2, 0) is 11.3 Å². The summed E-state index contributed by atoms with van der Waals surface area (Å²) in [6.07, 6.45) is 0.872. The number of likely N-dealkylation sites (tertiary alicyclic amines) is 1. The van der Waals surface area contributed by atoms with Crippen molar-refractivity contribution in [3.63, 3.8) is 0 Å². The third-order valence-corrected chi connectivity index (χ3v) is 5.21. The van der Waals surface area contributed by atoms with Crippen molar-refractivity contribution in [1.82, 2.24) is 24.6 Å². The number of aromatic nitrogens is 4. The number of halogens is 2. The normalized spacial score (nSPS) is 15.8.